The van der Waals surface area contributed by atoms with Gasteiger partial charge in [0.2, 0.25) is 0 Å². The van der Waals surface area contributed by atoms with Gasteiger partial charge in [0, 0.05) is 83.6 Å². The number of hydrogen-bond donors (Lipinski definition) is 0. The molecule has 2 aliphatic rings. The molecule has 16 rings (SSSR count). The average molecular weight is 1380 g/mol. The van der Waals surface area contributed by atoms with Crippen LogP contribution in [0.25, 0.3) is 94.3 Å². The van der Waals surface area contributed by atoms with Gasteiger partial charge in [-0.1, -0.05) is 325 Å². The van der Waals surface area contributed by atoms with Crippen LogP contribution < -0.4 is 26.2 Å². The number of nitrogens with zero attached hydrogens (tertiary/aromatic N) is 4. The van der Waals surface area contributed by atoms with Gasteiger partial charge in [0.15, 0.2) is 0 Å². The molecule has 106 heavy (non-hydrogen) atoms. The van der Waals surface area contributed by atoms with Crippen molar-refractivity contribution in [3.8, 4) is 72.4 Å². The van der Waals surface area contributed by atoms with Gasteiger partial charge in [-0.2, -0.15) is 0 Å². The average Bonchev–Trinajstić information content (AvgIpc) is 0.816. The first kappa shape index (κ1) is 63.7. The SMILES string of the molecule is [2H]c1c([2H])c([2H])c(-c2ccc3c(c2)N(c2c(-c4ccccc4)cc(C(C)(C)C)cc2-c2ccc(C(C)(C)C)nc2C(C)(C)C)c2cc(-c4cccc(C(C)(C)C)c4)cc4c2B3c2ccc(-n3c5ccc(C(C)(C)C)cc5c5cc(C(C)(C)C)ccc53)cc2N4c2c(-c3ccccc3)cccc2-c2ccccc2)c([2H])c1[2H]. The number of rotatable bonds is 9. The molecule has 2 aromatic heterocycles. The van der Waals surface area contributed by atoms with Gasteiger partial charge in [-0.05, 0) is 172 Å². The third-order valence-corrected chi connectivity index (χ3v) is 22.0. The van der Waals surface area contributed by atoms with Gasteiger partial charge in [-0.3, -0.25) is 4.98 Å². The molecule has 0 N–H and O–H groups in total. The lowest BCUT2D eigenvalue weighted by atomic mass is 9.33. The van der Waals surface area contributed by atoms with Crippen LogP contribution in [-0.2, 0) is 32.5 Å². The summed E-state index contributed by atoms with van der Waals surface area (Å²) in [6, 6.07) is 88.7. The maximum Gasteiger partial charge on any atom is 0.252 e. The van der Waals surface area contributed by atoms with Gasteiger partial charge in [0.1, 0.15) is 0 Å². The summed E-state index contributed by atoms with van der Waals surface area (Å²) in [5.74, 6) is 0. The predicted octanol–water partition coefficient (Wildman–Crippen LogP) is 26.0. The van der Waals surface area contributed by atoms with Crippen molar-refractivity contribution >= 4 is 79.0 Å². The molecule has 0 bridgehead atoms. The number of pyridine rings is 1. The molecule has 4 heterocycles. The summed E-state index contributed by atoms with van der Waals surface area (Å²) in [5.41, 5.74) is 28.4. The summed E-state index contributed by atoms with van der Waals surface area (Å²) < 4.78 is 49.5. The van der Waals surface area contributed by atoms with Crippen molar-refractivity contribution in [1.82, 2.24) is 9.55 Å². The zero-order valence-electron chi connectivity index (χ0n) is 70.0. The molecule has 0 saturated heterocycles. The molecular weight excluding hydrogens is 1280 g/mol. The Morgan fingerprint density at radius 1 is 0.302 bits per heavy atom. The number of para-hydroxylation sites is 1. The Hall–Kier alpha value is -10.7. The Balaban J connectivity index is 1.13. The van der Waals surface area contributed by atoms with Crippen molar-refractivity contribution in [3.05, 3.63) is 307 Å². The Bertz CT molecular complexity index is 5930. The molecular formula is C101H99BN4. The van der Waals surface area contributed by atoms with Crippen LogP contribution in [0.1, 0.15) is 165 Å². The second-order valence-electron chi connectivity index (χ2n) is 35.7. The molecule has 0 aliphatic carbocycles. The molecule has 2 aliphatic heterocycles. The maximum atomic E-state index is 9.77. The van der Waals surface area contributed by atoms with Crippen LogP contribution in [0.3, 0.4) is 0 Å². The van der Waals surface area contributed by atoms with Crippen molar-refractivity contribution in [2.24, 2.45) is 0 Å². The molecule has 0 radical (unpaired) electrons. The summed E-state index contributed by atoms with van der Waals surface area (Å²) in [7, 11) is 0. The van der Waals surface area contributed by atoms with Crippen molar-refractivity contribution in [1.29, 1.82) is 0 Å². The van der Waals surface area contributed by atoms with E-state index in [0.29, 0.717) is 5.56 Å². The Kier molecular flexibility index (Phi) is 15.3. The largest absolute Gasteiger partial charge is 0.310 e. The molecule has 0 atom stereocenters. The second kappa shape index (κ2) is 25.5. The molecule has 0 spiro atoms. The summed E-state index contributed by atoms with van der Waals surface area (Å²) in [5, 5.41) is 2.40. The topological polar surface area (TPSA) is 24.3 Å². The third-order valence-electron chi connectivity index (χ3n) is 22.0. The van der Waals surface area contributed by atoms with Crippen molar-refractivity contribution in [2.45, 2.75) is 157 Å². The van der Waals surface area contributed by atoms with E-state index in [4.69, 9.17) is 6.35 Å². The molecule has 526 valence electrons. The summed E-state index contributed by atoms with van der Waals surface area (Å²) in [6.45, 7) is 40.6. The lowest BCUT2D eigenvalue weighted by molar-refractivity contribution is 0.532. The standard InChI is InChI=1S/C101H99BN4/c1-96(2,3)71-42-31-41-68(55-71)70-57-89-92-90(58-70)106(93-76(65-35-25-20-26-36-65)43-32-44-77(93)66-37-27-21-28-38-66)88-63-75(104-85-52-46-72(97(4,5)6)59-80(85)81-60-73(98(7,8)9)47-53-86(81)104)48-51-84(88)102(92)83-50-45-69(64-33-23-19-24-34-64)56-87(83)105(89)94-79(67-39-29-22-30-40-67)61-74(99(10,11)12)62-82(94)78-49-54-91(100(13,14)15)103-95(78)101(16,17)18/h19-63H,1-18H3/i19D,23D,24D,33D,34D. The Morgan fingerprint density at radius 2 is 0.755 bits per heavy atom. The molecule has 4 nitrogen and oxygen atoms in total. The zero-order valence-corrected chi connectivity index (χ0v) is 65.0. The second-order valence-corrected chi connectivity index (χ2v) is 35.7. The molecule has 0 fully saturated rings. The van der Waals surface area contributed by atoms with Crippen LogP contribution in [0.5, 0.6) is 0 Å². The lowest BCUT2D eigenvalue weighted by Gasteiger charge is -2.46. The van der Waals surface area contributed by atoms with E-state index in [1.807, 2.05) is 6.07 Å². The van der Waals surface area contributed by atoms with Crippen LogP contribution in [0.4, 0.5) is 34.1 Å². The van der Waals surface area contributed by atoms with E-state index in [1.54, 1.807) is 0 Å². The number of hydrogen-bond acceptors (Lipinski definition) is 3. The molecule has 0 saturated carbocycles. The van der Waals surface area contributed by atoms with Crippen LogP contribution in [0.15, 0.2) is 273 Å². The highest BCUT2D eigenvalue weighted by atomic mass is 15.2. The Morgan fingerprint density at radius 3 is 1.27 bits per heavy atom. The number of aromatic nitrogens is 2. The van der Waals surface area contributed by atoms with E-state index in [1.165, 1.54) is 27.5 Å². The molecule has 14 aromatic rings. The first-order chi connectivity index (χ1) is 52.4. The van der Waals surface area contributed by atoms with Gasteiger partial charge >= 0.3 is 0 Å². The lowest BCUT2D eigenvalue weighted by Crippen LogP contribution is -2.61. The van der Waals surface area contributed by atoms with E-state index < -0.39 is 18.2 Å². The minimum atomic E-state index is -0.466. The van der Waals surface area contributed by atoms with Crippen molar-refractivity contribution in [2.75, 3.05) is 9.80 Å². The fourth-order valence-corrected chi connectivity index (χ4v) is 16.2. The monoisotopic (exact) mass is 1380 g/mol. The van der Waals surface area contributed by atoms with Gasteiger partial charge in [0.05, 0.1) is 35.0 Å². The van der Waals surface area contributed by atoms with E-state index in [0.717, 1.165) is 140 Å². The number of anilines is 6. The number of benzene rings is 12. The summed E-state index contributed by atoms with van der Waals surface area (Å²) in [4.78, 5) is 10.9. The van der Waals surface area contributed by atoms with Gasteiger partial charge in [0.25, 0.3) is 6.71 Å². The van der Waals surface area contributed by atoms with Gasteiger partial charge in [-0.25, -0.2) is 0 Å². The molecule has 12 aromatic carbocycles. The van der Waals surface area contributed by atoms with Crippen LogP contribution >= 0.6 is 0 Å². The minimum absolute atomic E-state index is 0.107. The van der Waals surface area contributed by atoms with Gasteiger partial charge in [-0.15, -0.1) is 0 Å². The normalized spacial score (nSPS) is 14.0. The fourth-order valence-electron chi connectivity index (χ4n) is 16.2. The third kappa shape index (κ3) is 12.3. The highest BCUT2D eigenvalue weighted by Crippen LogP contribution is 2.56. The summed E-state index contributed by atoms with van der Waals surface area (Å²) in [6.07, 6.45) is 0. The van der Waals surface area contributed by atoms with Crippen molar-refractivity contribution < 1.29 is 6.85 Å². The first-order valence-corrected chi connectivity index (χ1v) is 37.8. The van der Waals surface area contributed by atoms with Crippen LogP contribution in [0.2, 0.25) is 0 Å². The predicted molar refractivity (Wildman–Crippen MR) is 457 cm³/mol. The van der Waals surface area contributed by atoms with Crippen LogP contribution in [0, 0.1) is 0 Å². The fraction of sp³-hybridized carbons (Fsp3) is 0.238. The highest BCUT2D eigenvalue weighted by molar-refractivity contribution is 7.00. The van der Waals surface area contributed by atoms with Gasteiger partial charge < -0.3 is 14.4 Å². The quantitative estimate of drug-likeness (QED) is 0.135. The maximum absolute atomic E-state index is 9.77. The molecule has 0 unspecified atom stereocenters. The first-order valence-electron chi connectivity index (χ1n) is 40.3. The Labute approximate surface area is 637 Å². The van der Waals surface area contributed by atoms with E-state index >= 15 is 0 Å². The smallest absolute Gasteiger partial charge is 0.252 e. The minimum Gasteiger partial charge on any atom is -0.310 e. The van der Waals surface area contributed by atoms with E-state index in [-0.39, 0.29) is 56.8 Å². The van der Waals surface area contributed by atoms with Crippen molar-refractivity contribution in [3.63, 3.8) is 0 Å². The molecule has 5 heteroatoms. The zero-order chi connectivity index (χ0) is 78.7. The molecule has 0 amide bonds. The highest BCUT2D eigenvalue weighted by Gasteiger charge is 2.46. The summed E-state index contributed by atoms with van der Waals surface area (Å²) >= 11 is 0. The van der Waals surface area contributed by atoms with E-state index in [9.17, 15) is 5.48 Å². The van der Waals surface area contributed by atoms with E-state index in [2.05, 4.69) is 376 Å². The number of fused-ring (bicyclic) bond motifs is 7. The van der Waals surface area contributed by atoms with Crippen LogP contribution in [-0.4, -0.2) is 16.3 Å².